The molecule has 0 unspecified atom stereocenters. The number of aryl methyl sites for hydroxylation is 1. The number of amides is 1. The van der Waals surface area contributed by atoms with Crippen LogP contribution in [0.5, 0.6) is 5.75 Å². The monoisotopic (exact) mass is 383 g/mol. The van der Waals surface area contributed by atoms with Gasteiger partial charge in [0.1, 0.15) is 5.75 Å². The number of rotatable bonds is 5. The topological polar surface area (TPSA) is 58.6 Å². The van der Waals surface area contributed by atoms with Gasteiger partial charge in [-0.2, -0.15) is 0 Å². The molecule has 0 atom stereocenters. The summed E-state index contributed by atoms with van der Waals surface area (Å²) >= 11 is 9.35. The third-order valence-corrected chi connectivity index (χ3v) is 4.02. The van der Waals surface area contributed by atoms with Gasteiger partial charge in [0.25, 0.3) is 5.91 Å². The molecule has 0 fully saturated rings. The van der Waals surface area contributed by atoms with Crippen molar-refractivity contribution < 1.29 is 14.6 Å². The Kier molecular flexibility index (Phi) is 5.83. The number of hydrogen-bond acceptors (Lipinski definition) is 3. The zero-order chi connectivity index (χ0) is 16.1. The van der Waals surface area contributed by atoms with E-state index in [0.29, 0.717) is 20.9 Å². The summed E-state index contributed by atoms with van der Waals surface area (Å²) in [6.07, 6.45) is 0. The van der Waals surface area contributed by atoms with Crippen molar-refractivity contribution in [2.45, 2.75) is 13.5 Å². The molecule has 2 N–H and O–H groups in total. The van der Waals surface area contributed by atoms with E-state index in [9.17, 15) is 4.79 Å². The molecular formula is C16H15BrClNO3. The molecule has 1 amide bonds. The molecule has 0 aliphatic rings. The van der Waals surface area contributed by atoms with E-state index in [0.717, 1.165) is 11.1 Å². The number of aliphatic hydroxyl groups excluding tert-OH is 1. The maximum absolute atomic E-state index is 11.9. The van der Waals surface area contributed by atoms with Gasteiger partial charge in [0.05, 0.1) is 11.1 Å². The molecule has 0 aliphatic carbocycles. The van der Waals surface area contributed by atoms with Gasteiger partial charge in [-0.3, -0.25) is 4.79 Å². The molecule has 0 bridgehead atoms. The van der Waals surface area contributed by atoms with Crippen LogP contribution >= 0.6 is 27.5 Å². The fourth-order valence-electron chi connectivity index (χ4n) is 1.77. The van der Waals surface area contributed by atoms with Crippen LogP contribution in [0.1, 0.15) is 11.1 Å². The Morgan fingerprint density at radius 3 is 2.73 bits per heavy atom. The average Bonchev–Trinajstić information content (AvgIpc) is 2.49. The average molecular weight is 385 g/mol. The molecule has 0 saturated carbocycles. The quantitative estimate of drug-likeness (QED) is 0.821. The van der Waals surface area contributed by atoms with Gasteiger partial charge in [0, 0.05) is 10.7 Å². The Hall–Kier alpha value is -1.56. The van der Waals surface area contributed by atoms with E-state index in [2.05, 4.69) is 21.2 Å². The van der Waals surface area contributed by atoms with E-state index in [4.69, 9.17) is 21.4 Å². The van der Waals surface area contributed by atoms with Crippen molar-refractivity contribution in [2.75, 3.05) is 11.9 Å². The van der Waals surface area contributed by atoms with E-state index in [1.165, 1.54) is 0 Å². The molecule has 116 valence electrons. The second-order valence-corrected chi connectivity index (χ2v) is 5.99. The van der Waals surface area contributed by atoms with Gasteiger partial charge in [0.2, 0.25) is 0 Å². The highest BCUT2D eigenvalue weighted by molar-refractivity contribution is 9.10. The van der Waals surface area contributed by atoms with E-state index < -0.39 is 0 Å². The zero-order valence-electron chi connectivity index (χ0n) is 11.9. The van der Waals surface area contributed by atoms with Crippen molar-refractivity contribution in [3.8, 4) is 5.75 Å². The van der Waals surface area contributed by atoms with Crippen molar-refractivity contribution >= 4 is 39.1 Å². The second-order valence-electron chi connectivity index (χ2n) is 4.72. The Balaban J connectivity index is 1.93. The van der Waals surface area contributed by atoms with Crippen LogP contribution in [0, 0.1) is 6.92 Å². The van der Waals surface area contributed by atoms with Gasteiger partial charge in [-0.05, 0) is 58.2 Å². The predicted molar refractivity (Wildman–Crippen MR) is 90.4 cm³/mol. The molecule has 2 aromatic carbocycles. The lowest BCUT2D eigenvalue weighted by Gasteiger charge is -2.10. The summed E-state index contributed by atoms with van der Waals surface area (Å²) in [5.74, 6) is 0.257. The third-order valence-electron chi connectivity index (χ3n) is 2.99. The van der Waals surface area contributed by atoms with Crippen molar-refractivity contribution in [1.29, 1.82) is 0 Å². The van der Waals surface area contributed by atoms with E-state index in [1.807, 2.05) is 13.0 Å². The number of ether oxygens (including phenoxy) is 1. The van der Waals surface area contributed by atoms with Crippen LogP contribution in [0.25, 0.3) is 0 Å². The molecule has 0 spiro atoms. The number of halogens is 2. The van der Waals surface area contributed by atoms with Crippen LogP contribution in [0.2, 0.25) is 5.02 Å². The normalized spacial score (nSPS) is 10.4. The minimum absolute atomic E-state index is 0.0481. The highest BCUT2D eigenvalue weighted by atomic mass is 79.9. The van der Waals surface area contributed by atoms with Crippen molar-refractivity contribution in [2.24, 2.45) is 0 Å². The van der Waals surface area contributed by atoms with Gasteiger partial charge < -0.3 is 15.2 Å². The summed E-state index contributed by atoms with van der Waals surface area (Å²) in [5, 5.41) is 12.4. The van der Waals surface area contributed by atoms with Gasteiger partial charge in [-0.25, -0.2) is 0 Å². The van der Waals surface area contributed by atoms with Gasteiger partial charge in [0.15, 0.2) is 6.61 Å². The summed E-state index contributed by atoms with van der Waals surface area (Å²) in [4.78, 5) is 11.9. The number of carbonyl (C=O) groups is 1. The summed E-state index contributed by atoms with van der Waals surface area (Å²) in [6, 6.07) is 10.5. The minimum Gasteiger partial charge on any atom is -0.483 e. The first-order valence-electron chi connectivity index (χ1n) is 6.57. The molecule has 2 aromatic rings. The summed E-state index contributed by atoms with van der Waals surface area (Å²) in [6.45, 7) is 1.72. The minimum atomic E-state index is -0.280. The Bertz CT molecular complexity index is 691. The Morgan fingerprint density at radius 2 is 2.09 bits per heavy atom. The molecule has 0 heterocycles. The fourth-order valence-corrected chi connectivity index (χ4v) is 2.49. The standard InChI is InChI=1S/C16H15BrClNO3/c1-10-2-4-12(7-14(10)18)19-16(21)9-22-15-5-3-11(8-20)6-13(15)17/h2-7,20H,8-9H2,1H3,(H,19,21). The second kappa shape index (κ2) is 7.63. The number of hydrogen-bond donors (Lipinski definition) is 2. The van der Waals surface area contributed by atoms with E-state index >= 15 is 0 Å². The number of carbonyl (C=O) groups excluding carboxylic acids is 1. The molecule has 4 nitrogen and oxygen atoms in total. The van der Waals surface area contributed by atoms with Gasteiger partial charge in [-0.1, -0.05) is 23.7 Å². The van der Waals surface area contributed by atoms with Crippen LogP contribution in [-0.4, -0.2) is 17.6 Å². The lowest BCUT2D eigenvalue weighted by Crippen LogP contribution is -2.20. The molecule has 22 heavy (non-hydrogen) atoms. The van der Waals surface area contributed by atoms with Crippen LogP contribution in [0.3, 0.4) is 0 Å². The van der Waals surface area contributed by atoms with Gasteiger partial charge in [-0.15, -0.1) is 0 Å². The highest BCUT2D eigenvalue weighted by Gasteiger charge is 2.07. The van der Waals surface area contributed by atoms with Crippen molar-refractivity contribution in [3.05, 3.63) is 57.0 Å². The molecule has 0 saturated heterocycles. The summed E-state index contributed by atoms with van der Waals surface area (Å²) in [5.41, 5.74) is 2.33. The number of nitrogens with one attached hydrogen (secondary N) is 1. The van der Waals surface area contributed by atoms with Crippen LogP contribution < -0.4 is 10.1 Å². The molecule has 0 radical (unpaired) electrons. The lowest BCUT2D eigenvalue weighted by molar-refractivity contribution is -0.118. The summed E-state index contributed by atoms with van der Waals surface area (Å²) < 4.78 is 6.14. The highest BCUT2D eigenvalue weighted by Crippen LogP contribution is 2.26. The summed E-state index contributed by atoms with van der Waals surface area (Å²) in [7, 11) is 0. The third kappa shape index (κ3) is 4.47. The number of aliphatic hydroxyl groups is 1. The first-order chi connectivity index (χ1) is 10.5. The molecule has 6 heteroatoms. The zero-order valence-corrected chi connectivity index (χ0v) is 14.2. The largest absolute Gasteiger partial charge is 0.483 e. The predicted octanol–water partition coefficient (Wildman–Crippen LogP) is 3.92. The number of benzene rings is 2. The Morgan fingerprint density at radius 1 is 1.32 bits per heavy atom. The van der Waals surface area contributed by atoms with Crippen molar-refractivity contribution in [1.82, 2.24) is 0 Å². The lowest BCUT2D eigenvalue weighted by atomic mass is 10.2. The van der Waals surface area contributed by atoms with E-state index in [-0.39, 0.29) is 19.1 Å². The molecule has 0 aromatic heterocycles. The van der Waals surface area contributed by atoms with Gasteiger partial charge >= 0.3 is 0 Å². The smallest absolute Gasteiger partial charge is 0.262 e. The maximum Gasteiger partial charge on any atom is 0.262 e. The van der Waals surface area contributed by atoms with E-state index in [1.54, 1.807) is 30.3 Å². The van der Waals surface area contributed by atoms with Crippen LogP contribution in [-0.2, 0) is 11.4 Å². The first-order valence-corrected chi connectivity index (χ1v) is 7.75. The van der Waals surface area contributed by atoms with Crippen LogP contribution in [0.15, 0.2) is 40.9 Å². The van der Waals surface area contributed by atoms with Crippen molar-refractivity contribution in [3.63, 3.8) is 0 Å². The molecule has 2 rings (SSSR count). The van der Waals surface area contributed by atoms with Crippen LogP contribution in [0.4, 0.5) is 5.69 Å². The number of anilines is 1. The first kappa shape index (κ1) is 16.8. The fraction of sp³-hybridized carbons (Fsp3) is 0.188. The molecule has 0 aliphatic heterocycles. The molecular weight excluding hydrogens is 370 g/mol. The Labute approximate surface area is 142 Å². The SMILES string of the molecule is Cc1ccc(NC(=O)COc2ccc(CO)cc2Br)cc1Cl. The maximum atomic E-state index is 11.9.